The molecule has 2 aliphatic rings. The fraction of sp³-hybridized carbons (Fsp3) is 0.875. The second kappa shape index (κ2) is 7.66. The average Bonchev–Trinajstić information content (AvgIpc) is 2.40. The molecule has 1 aliphatic carbocycles. The van der Waals surface area contributed by atoms with Gasteiger partial charge in [0, 0.05) is 12.8 Å². The first-order valence-corrected chi connectivity index (χ1v) is 7.99. The van der Waals surface area contributed by atoms with Crippen LogP contribution in [0.4, 0.5) is 0 Å². The predicted octanol–water partition coefficient (Wildman–Crippen LogP) is 3.79. The molecule has 0 radical (unpaired) electrons. The summed E-state index contributed by atoms with van der Waals surface area (Å²) in [7, 11) is 0. The van der Waals surface area contributed by atoms with Crippen molar-refractivity contribution >= 4 is 11.8 Å². The van der Waals surface area contributed by atoms with Gasteiger partial charge in [0.15, 0.2) is 0 Å². The van der Waals surface area contributed by atoms with Crippen LogP contribution >= 0.6 is 0 Å². The minimum atomic E-state index is -0.0400. The highest BCUT2D eigenvalue weighted by molar-refractivity contribution is 5.80. The summed E-state index contributed by atoms with van der Waals surface area (Å²) in [5.74, 6) is 0.385. The SMILES string of the molecule is O=C1CCCCCCCCCCC2C(=O)OC2CC1. The van der Waals surface area contributed by atoms with Crippen molar-refractivity contribution in [1.82, 2.24) is 0 Å². The van der Waals surface area contributed by atoms with Gasteiger partial charge < -0.3 is 4.74 Å². The second-order valence-corrected chi connectivity index (χ2v) is 6.03. The lowest BCUT2D eigenvalue weighted by Gasteiger charge is -2.35. The van der Waals surface area contributed by atoms with Crippen molar-refractivity contribution in [3.63, 3.8) is 0 Å². The fourth-order valence-electron chi connectivity index (χ4n) is 3.14. The van der Waals surface area contributed by atoms with Gasteiger partial charge in [-0.25, -0.2) is 0 Å². The van der Waals surface area contributed by atoms with Gasteiger partial charge >= 0.3 is 5.97 Å². The summed E-state index contributed by atoms with van der Waals surface area (Å²) < 4.78 is 5.18. The third-order valence-corrected chi connectivity index (χ3v) is 4.45. The second-order valence-electron chi connectivity index (χ2n) is 6.03. The number of fused-ring (bicyclic) bond motifs is 1. The molecular formula is C16H26O3. The minimum absolute atomic E-state index is 0.0292. The maximum atomic E-state index is 11.7. The summed E-state index contributed by atoms with van der Waals surface area (Å²) in [6, 6.07) is 0. The first-order chi connectivity index (χ1) is 9.27. The summed E-state index contributed by atoms with van der Waals surface area (Å²) in [4.78, 5) is 23.2. The molecule has 1 saturated carbocycles. The van der Waals surface area contributed by atoms with Gasteiger partial charge in [-0.05, 0) is 19.3 Å². The number of carbonyl (C=O) groups excluding carboxylic acids is 2. The maximum absolute atomic E-state index is 11.7. The Morgan fingerprint density at radius 1 is 0.737 bits per heavy atom. The molecule has 3 heteroatoms. The first kappa shape index (κ1) is 14.5. The van der Waals surface area contributed by atoms with Gasteiger partial charge in [-0.15, -0.1) is 0 Å². The summed E-state index contributed by atoms with van der Waals surface area (Å²) in [5, 5.41) is 0. The molecule has 19 heavy (non-hydrogen) atoms. The van der Waals surface area contributed by atoms with E-state index in [1.54, 1.807) is 0 Å². The van der Waals surface area contributed by atoms with Crippen LogP contribution in [-0.4, -0.2) is 17.9 Å². The van der Waals surface area contributed by atoms with Gasteiger partial charge in [-0.2, -0.15) is 0 Å². The summed E-state index contributed by atoms with van der Waals surface area (Å²) in [6.45, 7) is 0. The van der Waals surface area contributed by atoms with Crippen LogP contribution in [-0.2, 0) is 14.3 Å². The Hall–Kier alpha value is -0.860. The molecule has 0 N–H and O–H groups in total. The molecule has 2 atom stereocenters. The topological polar surface area (TPSA) is 43.4 Å². The monoisotopic (exact) mass is 266 g/mol. The smallest absolute Gasteiger partial charge is 0.313 e. The average molecular weight is 266 g/mol. The number of rotatable bonds is 0. The van der Waals surface area contributed by atoms with E-state index >= 15 is 0 Å². The van der Waals surface area contributed by atoms with Crippen molar-refractivity contribution in [2.24, 2.45) is 5.92 Å². The molecule has 3 nitrogen and oxygen atoms in total. The molecule has 2 fully saturated rings. The number of Topliss-reactive ketones (excluding diaryl/α,β-unsaturated/α-hetero) is 1. The highest BCUT2D eigenvalue weighted by atomic mass is 16.6. The Bertz CT molecular complexity index is 311. The van der Waals surface area contributed by atoms with Gasteiger partial charge in [0.05, 0.1) is 5.92 Å². The Labute approximate surface area is 116 Å². The van der Waals surface area contributed by atoms with Gasteiger partial charge in [-0.3, -0.25) is 9.59 Å². The fourth-order valence-corrected chi connectivity index (χ4v) is 3.14. The molecule has 2 rings (SSSR count). The van der Waals surface area contributed by atoms with Gasteiger partial charge in [0.1, 0.15) is 11.9 Å². The Morgan fingerprint density at radius 3 is 2.05 bits per heavy atom. The molecule has 1 saturated heterocycles. The zero-order valence-electron chi connectivity index (χ0n) is 11.9. The van der Waals surface area contributed by atoms with Crippen LogP contribution in [0.25, 0.3) is 0 Å². The largest absolute Gasteiger partial charge is 0.461 e. The van der Waals surface area contributed by atoms with E-state index in [0.717, 1.165) is 25.7 Å². The number of ketones is 1. The van der Waals surface area contributed by atoms with Crippen molar-refractivity contribution < 1.29 is 14.3 Å². The van der Waals surface area contributed by atoms with E-state index in [0.29, 0.717) is 18.6 Å². The Morgan fingerprint density at radius 2 is 1.37 bits per heavy atom. The van der Waals surface area contributed by atoms with Gasteiger partial charge in [0.25, 0.3) is 0 Å². The van der Waals surface area contributed by atoms with Crippen LogP contribution in [0.2, 0.25) is 0 Å². The molecule has 108 valence electrons. The standard InChI is InChI=1S/C16H26O3/c17-13-9-7-5-3-1-2-4-6-8-10-14-15(12-11-13)19-16(14)18/h14-15H,1-12H2. The third-order valence-electron chi connectivity index (χ3n) is 4.45. The highest BCUT2D eigenvalue weighted by Gasteiger charge is 2.41. The molecule has 1 heterocycles. The number of hydrogen-bond acceptors (Lipinski definition) is 3. The van der Waals surface area contributed by atoms with Crippen LogP contribution in [0.3, 0.4) is 0 Å². The van der Waals surface area contributed by atoms with E-state index in [1.165, 1.54) is 38.5 Å². The number of hydrogen-bond donors (Lipinski definition) is 0. The van der Waals surface area contributed by atoms with Crippen LogP contribution in [0, 0.1) is 5.92 Å². The molecule has 0 bridgehead atoms. The Kier molecular flexibility index (Phi) is 5.87. The van der Waals surface area contributed by atoms with Gasteiger partial charge in [0.2, 0.25) is 0 Å². The number of ether oxygens (including phenoxy) is 1. The predicted molar refractivity (Wildman–Crippen MR) is 73.8 cm³/mol. The molecule has 0 spiro atoms. The molecule has 0 aromatic carbocycles. The minimum Gasteiger partial charge on any atom is -0.461 e. The van der Waals surface area contributed by atoms with Crippen LogP contribution in [0.1, 0.15) is 77.0 Å². The van der Waals surface area contributed by atoms with E-state index in [9.17, 15) is 9.59 Å². The summed E-state index contributed by atoms with van der Waals surface area (Å²) in [6.07, 6.45) is 12.8. The van der Waals surface area contributed by atoms with Crippen LogP contribution in [0.15, 0.2) is 0 Å². The normalized spacial score (nSPS) is 31.4. The van der Waals surface area contributed by atoms with E-state index in [1.807, 2.05) is 0 Å². The maximum Gasteiger partial charge on any atom is 0.313 e. The molecule has 0 aromatic heterocycles. The molecule has 0 amide bonds. The van der Waals surface area contributed by atoms with Crippen LogP contribution in [0.5, 0.6) is 0 Å². The molecule has 0 aromatic rings. The van der Waals surface area contributed by atoms with E-state index in [-0.39, 0.29) is 18.0 Å². The highest BCUT2D eigenvalue weighted by Crippen LogP contribution is 2.31. The quantitative estimate of drug-likeness (QED) is 0.626. The van der Waals surface area contributed by atoms with Crippen molar-refractivity contribution in [2.75, 3.05) is 0 Å². The van der Waals surface area contributed by atoms with E-state index in [4.69, 9.17) is 4.74 Å². The van der Waals surface area contributed by atoms with Crippen molar-refractivity contribution in [1.29, 1.82) is 0 Å². The van der Waals surface area contributed by atoms with Crippen molar-refractivity contribution in [3.8, 4) is 0 Å². The third kappa shape index (κ3) is 4.63. The van der Waals surface area contributed by atoms with E-state index < -0.39 is 0 Å². The molecular weight excluding hydrogens is 240 g/mol. The lowest BCUT2D eigenvalue weighted by molar-refractivity contribution is -0.186. The first-order valence-electron chi connectivity index (χ1n) is 7.99. The van der Waals surface area contributed by atoms with Gasteiger partial charge in [-0.1, -0.05) is 44.9 Å². The van der Waals surface area contributed by atoms with Crippen molar-refractivity contribution in [3.05, 3.63) is 0 Å². The van der Waals surface area contributed by atoms with Crippen molar-refractivity contribution in [2.45, 2.75) is 83.2 Å². The lowest BCUT2D eigenvalue weighted by Crippen LogP contribution is -2.45. The van der Waals surface area contributed by atoms with E-state index in [2.05, 4.69) is 0 Å². The number of carbonyl (C=O) groups is 2. The zero-order valence-corrected chi connectivity index (χ0v) is 11.9. The van der Waals surface area contributed by atoms with Crippen LogP contribution < -0.4 is 0 Å². The summed E-state index contributed by atoms with van der Waals surface area (Å²) in [5.41, 5.74) is 0. The molecule has 1 aliphatic heterocycles. The Balaban J connectivity index is 1.79. The molecule has 2 unspecified atom stereocenters. The lowest BCUT2D eigenvalue weighted by atomic mass is 9.87. The summed E-state index contributed by atoms with van der Waals surface area (Å²) >= 11 is 0. The number of esters is 1. The zero-order chi connectivity index (χ0) is 13.5.